The quantitative estimate of drug-likeness (QED) is 0.832. The number of nitrogens with zero attached hydrogens (tertiary/aromatic N) is 1. The van der Waals surface area contributed by atoms with E-state index >= 15 is 0 Å². The number of sulfonamides is 1. The van der Waals surface area contributed by atoms with Crippen LogP contribution in [0.15, 0.2) is 23.1 Å². The van der Waals surface area contributed by atoms with Crippen LogP contribution in [-0.4, -0.2) is 49.2 Å². The largest absolute Gasteiger partial charge is 0.508 e. The molecule has 0 atom stereocenters. The molecular weight excluding hydrogens is 356 g/mol. The molecule has 8 heteroatoms. The van der Waals surface area contributed by atoms with Gasteiger partial charge in [-0.2, -0.15) is 4.31 Å². The zero-order valence-corrected chi connectivity index (χ0v) is 16.6. The molecule has 1 amide bonds. The topological polar surface area (TPSA) is 95.9 Å². The fraction of sp³-hybridized carbons (Fsp3) is 0.611. The van der Waals surface area contributed by atoms with Crippen molar-refractivity contribution in [2.24, 2.45) is 5.92 Å². The Bertz CT molecular complexity index is 727. The van der Waals surface area contributed by atoms with Crippen LogP contribution in [-0.2, 0) is 14.8 Å². The van der Waals surface area contributed by atoms with Gasteiger partial charge in [0.15, 0.2) is 0 Å². The van der Waals surface area contributed by atoms with Gasteiger partial charge in [0.25, 0.3) is 0 Å². The van der Waals surface area contributed by atoms with Gasteiger partial charge in [-0.25, -0.2) is 13.2 Å². The van der Waals surface area contributed by atoms with Crippen LogP contribution in [0, 0.1) is 12.8 Å². The van der Waals surface area contributed by atoms with Crippen LogP contribution >= 0.6 is 0 Å². The molecule has 26 heavy (non-hydrogen) atoms. The van der Waals surface area contributed by atoms with Crippen molar-refractivity contribution in [1.82, 2.24) is 9.62 Å². The number of carbonyl (C=O) groups excluding carboxylic acids is 1. The molecule has 1 aromatic rings. The SMILES string of the molecule is Cc1cc(O)cc(S(=O)(=O)N2CCC(CNC(=O)OC(C)(C)C)CC2)c1. The van der Waals surface area contributed by atoms with E-state index < -0.39 is 21.7 Å². The third-order valence-corrected chi connectivity index (χ3v) is 6.06. The van der Waals surface area contributed by atoms with Crippen LogP contribution in [0.25, 0.3) is 0 Å². The van der Waals surface area contributed by atoms with Crippen LogP contribution in [0.2, 0.25) is 0 Å². The third-order valence-electron chi connectivity index (χ3n) is 4.18. The number of alkyl carbamates (subject to hydrolysis) is 1. The number of carbonyl (C=O) groups is 1. The molecule has 1 aromatic carbocycles. The Morgan fingerprint density at radius 1 is 1.27 bits per heavy atom. The molecule has 0 radical (unpaired) electrons. The first-order chi connectivity index (χ1) is 12.0. The Labute approximate surface area is 155 Å². The average molecular weight is 384 g/mol. The summed E-state index contributed by atoms with van der Waals surface area (Å²) in [5.74, 6) is 0.153. The molecule has 0 aromatic heterocycles. The van der Waals surface area contributed by atoms with Gasteiger partial charge >= 0.3 is 6.09 Å². The number of rotatable bonds is 4. The number of aryl methyl sites for hydroxylation is 1. The summed E-state index contributed by atoms with van der Waals surface area (Å²) >= 11 is 0. The van der Waals surface area contributed by atoms with E-state index in [-0.39, 0.29) is 16.6 Å². The summed E-state index contributed by atoms with van der Waals surface area (Å²) in [6.07, 6.45) is 0.863. The lowest BCUT2D eigenvalue weighted by Gasteiger charge is -2.31. The molecule has 1 aliphatic rings. The first-order valence-electron chi connectivity index (χ1n) is 8.75. The number of amides is 1. The van der Waals surface area contributed by atoms with Crippen LogP contribution < -0.4 is 5.32 Å². The zero-order chi connectivity index (χ0) is 19.5. The molecule has 1 aliphatic heterocycles. The fourth-order valence-corrected chi connectivity index (χ4v) is 4.52. The van der Waals surface area contributed by atoms with Gasteiger partial charge in [-0.15, -0.1) is 0 Å². The van der Waals surface area contributed by atoms with Crippen LogP contribution in [0.3, 0.4) is 0 Å². The average Bonchev–Trinajstić information content (AvgIpc) is 2.51. The molecule has 0 spiro atoms. The first kappa shape index (κ1) is 20.5. The molecule has 1 heterocycles. The summed E-state index contributed by atoms with van der Waals surface area (Å²) in [4.78, 5) is 11.8. The van der Waals surface area contributed by atoms with E-state index in [1.807, 2.05) is 0 Å². The number of phenolic OH excluding ortho intramolecular Hbond substituents is 1. The second kappa shape index (κ2) is 7.84. The number of benzene rings is 1. The molecular formula is C18H28N2O5S. The zero-order valence-electron chi connectivity index (χ0n) is 15.8. The Morgan fingerprint density at radius 3 is 2.42 bits per heavy atom. The van der Waals surface area contributed by atoms with Gasteiger partial charge in [0, 0.05) is 19.6 Å². The van der Waals surface area contributed by atoms with Crippen molar-refractivity contribution < 1.29 is 23.1 Å². The Hall–Kier alpha value is -1.80. The van der Waals surface area contributed by atoms with E-state index in [0.717, 1.165) is 0 Å². The molecule has 1 saturated heterocycles. The van der Waals surface area contributed by atoms with Gasteiger partial charge in [-0.1, -0.05) is 0 Å². The van der Waals surface area contributed by atoms with Crippen molar-refractivity contribution in [3.63, 3.8) is 0 Å². The second-order valence-corrected chi connectivity index (χ2v) is 9.67. The van der Waals surface area contributed by atoms with Crippen molar-refractivity contribution in [3.05, 3.63) is 23.8 Å². The molecule has 2 rings (SSSR count). The monoisotopic (exact) mass is 384 g/mol. The number of ether oxygens (including phenoxy) is 1. The second-order valence-electron chi connectivity index (χ2n) is 7.73. The van der Waals surface area contributed by atoms with Gasteiger partial charge in [0.2, 0.25) is 10.0 Å². The number of phenols is 1. The van der Waals surface area contributed by atoms with Crippen molar-refractivity contribution in [2.75, 3.05) is 19.6 Å². The summed E-state index contributed by atoms with van der Waals surface area (Å²) in [7, 11) is -3.62. The highest BCUT2D eigenvalue weighted by Crippen LogP contribution is 2.26. The molecule has 0 saturated carbocycles. The first-order valence-corrected chi connectivity index (χ1v) is 10.2. The highest BCUT2D eigenvalue weighted by molar-refractivity contribution is 7.89. The highest BCUT2D eigenvalue weighted by Gasteiger charge is 2.30. The minimum Gasteiger partial charge on any atom is -0.508 e. The van der Waals surface area contributed by atoms with E-state index in [1.54, 1.807) is 33.8 Å². The van der Waals surface area contributed by atoms with Gasteiger partial charge in [0.05, 0.1) is 4.90 Å². The summed E-state index contributed by atoms with van der Waals surface area (Å²) in [6, 6.07) is 4.36. The number of nitrogens with one attached hydrogen (secondary N) is 1. The molecule has 7 nitrogen and oxygen atoms in total. The van der Waals surface area contributed by atoms with E-state index in [0.29, 0.717) is 38.0 Å². The van der Waals surface area contributed by atoms with Crippen molar-refractivity contribution >= 4 is 16.1 Å². The number of aromatic hydroxyl groups is 1. The van der Waals surface area contributed by atoms with E-state index in [1.165, 1.54) is 16.4 Å². The Balaban J connectivity index is 1.90. The molecule has 1 fully saturated rings. The maximum Gasteiger partial charge on any atom is 0.407 e. The third kappa shape index (κ3) is 5.60. The van der Waals surface area contributed by atoms with Gasteiger partial charge < -0.3 is 15.2 Å². The van der Waals surface area contributed by atoms with Gasteiger partial charge in [-0.05, 0) is 70.2 Å². The Kier molecular flexibility index (Phi) is 6.18. The number of hydrogen-bond acceptors (Lipinski definition) is 5. The highest BCUT2D eigenvalue weighted by atomic mass is 32.2. The van der Waals surface area contributed by atoms with Gasteiger partial charge in [0.1, 0.15) is 11.4 Å². The van der Waals surface area contributed by atoms with Crippen molar-refractivity contribution in [2.45, 2.75) is 51.0 Å². The summed E-state index contributed by atoms with van der Waals surface area (Å²) in [5, 5.41) is 12.4. The lowest BCUT2D eigenvalue weighted by Crippen LogP contribution is -2.42. The molecule has 0 bridgehead atoms. The Morgan fingerprint density at radius 2 is 1.88 bits per heavy atom. The van der Waals surface area contributed by atoms with Crippen LogP contribution in [0.5, 0.6) is 5.75 Å². The molecule has 146 valence electrons. The molecule has 0 unspecified atom stereocenters. The fourth-order valence-electron chi connectivity index (χ4n) is 2.92. The van der Waals surface area contributed by atoms with E-state index in [4.69, 9.17) is 4.74 Å². The minimum atomic E-state index is -3.62. The number of piperidine rings is 1. The predicted octanol–water partition coefficient (Wildman–Crippen LogP) is 2.63. The molecule has 2 N–H and O–H groups in total. The molecule has 0 aliphatic carbocycles. The lowest BCUT2D eigenvalue weighted by molar-refractivity contribution is 0.0513. The van der Waals surface area contributed by atoms with Gasteiger partial charge in [-0.3, -0.25) is 0 Å². The predicted molar refractivity (Wildman–Crippen MR) is 98.6 cm³/mol. The van der Waals surface area contributed by atoms with E-state index in [2.05, 4.69) is 5.32 Å². The minimum absolute atomic E-state index is 0.0555. The van der Waals surface area contributed by atoms with Crippen molar-refractivity contribution in [1.29, 1.82) is 0 Å². The summed E-state index contributed by atoms with van der Waals surface area (Å²) in [6.45, 7) is 8.40. The van der Waals surface area contributed by atoms with Crippen molar-refractivity contribution in [3.8, 4) is 5.75 Å². The number of hydrogen-bond donors (Lipinski definition) is 2. The maximum absolute atomic E-state index is 12.7. The van der Waals surface area contributed by atoms with Crippen LogP contribution in [0.4, 0.5) is 4.79 Å². The lowest BCUT2D eigenvalue weighted by atomic mass is 9.98. The normalized spacial score (nSPS) is 17.1. The summed E-state index contributed by atoms with van der Waals surface area (Å²) < 4.78 is 32.1. The summed E-state index contributed by atoms with van der Waals surface area (Å²) in [5.41, 5.74) is 0.154. The standard InChI is InChI=1S/C18H28N2O5S/c1-13-9-15(21)11-16(10-13)26(23,24)20-7-5-14(6-8-20)12-19-17(22)25-18(2,3)4/h9-11,14,21H,5-8,12H2,1-4H3,(H,19,22). The van der Waals surface area contributed by atoms with Crippen LogP contribution in [0.1, 0.15) is 39.2 Å². The van der Waals surface area contributed by atoms with E-state index in [9.17, 15) is 18.3 Å². The maximum atomic E-state index is 12.7. The smallest absolute Gasteiger partial charge is 0.407 e.